The molecule has 0 bridgehead atoms. The molecular weight excluding hydrogens is 218 g/mol. The first-order chi connectivity index (χ1) is 7.17. The second-order valence-corrected chi connectivity index (χ2v) is 3.50. The maximum Gasteiger partial charge on any atom is 0.290 e. The van der Waals surface area contributed by atoms with Gasteiger partial charge in [-0.25, -0.2) is 0 Å². The number of hydrogen-bond acceptors (Lipinski definition) is 7. The summed E-state index contributed by atoms with van der Waals surface area (Å²) in [6.07, 6.45) is 0. The maximum atomic E-state index is 11.3. The lowest BCUT2D eigenvalue weighted by Gasteiger charge is -1.96. The largest absolute Gasteiger partial charge is 0.398 e. The van der Waals surface area contributed by atoms with Crippen LogP contribution < -0.4 is 5.32 Å². The number of aryl methyl sites for hydroxylation is 1. The van der Waals surface area contributed by atoms with Gasteiger partial charge in [0.15, 0.2) is 0 Å². The summed E-state index contributed by atoms with van der Waals surface area (Å²) in [4.78, 5) is 15.7. The van der Waals surface area contributed by atoms with Crippen LogP contribution in [0.25, 0.3) is 0 Å². The number of carbonyl (C=O) groups is 1. The standard InChI is InChI=1S/C7H7N5O2S/c1-4-10-11-7(15-4)9-6(13)5(3-8)12-14-2/h1-2H3,(H,9,11,13)/b12-5+. The van der Waals surface area contributed by atoms with E-state index < -0.39 is 5.91 Å². The maximum absolute atomic E-state index is 11.3. The van der Waals surface area contributed by atoms with Crippen molar-refractivity contribution < 1.29 is 9.63 Å². The fourth-order valence-corrected chi connectivity index (χ4v) is 1.29. The molecule has 1 aromatic rings. The van der Waals surface area contributed by atoms with Crippen molar-refractivity contribution >= 4 is 28.1 Å². The van der Waals surface area contributed by atoms with Crippen molar-refractivity contribution in [3.63, 3.8) is 0 Å². The van der Waals surface area contributed by atoms with Gasteiger partial charge in [0.1, 0.15) is 18.2 Å². The van der Waals surface area contributed by atoms with E-state index >= 15 is 0 Å². The Morgan fingerprint density at radius 3 is 2.87 bits per heavy atom. The predicted molar refractivity (Wildman–Crippen MR) is 53.3 cm³/mol. The van der Waals surface area contributed by atoms with Gasteiger partial charge in [-0.1, -0.05) is 16.5 Å². The van der Waals surface area contributed by atoms with Crippen molar-refractivity contribution in [3.05, 3.63) is 5.01 Å². The van der Waals surface area contributed by atoms with E-state index in [1.54, 1.807) is 13.0 Å². The highest BCUT2D eigenvalue weighted by atomic mass is 32.1. The highest BCUT2D eigenvalue weighted by Crippen LogP contribution is 2.13. The van der Waals surface area contributed by atoms with E-state index in [2.05, 4.69) is 25.5 Å². The molecule has 1 aromatic heterocycles. The number of oxime groups is 1. The summed E-state index contributed by atoms with van der Waals surface area (Å²) in [5.74, 6) is -0.671. The number of carbonyl (C=O) groups excluding carboxylic acids is 1. The van der Waals surface area contributed by atoms with Crippen LogP contribution in [0.3, 0.4) is 0 Å². The SMILES string of the molecule is CO/N=C(\C#N)C(=O)Nc1nnc(C)s1. The summed E-state index contributed by atoms with van der Waals surface area (Å²) in [6.45, 7) is 1.75. The number of rotatable bonds is 3. The third-order valence-corrected chi connectivity index (χ3v) is 2.00. The second kappa shape index (κ2) is 5.02. The van der Waals surface area contributed by atoms with E-state index in [0.717, 1.165) is 0 Å². The monoisotopic (exact) mass is 225 g/mol. The summed E-state index contributed by atoms with van der Waals surface area (Å²) in [6, 6.07) is 1.60. The smallest absolute Gasteiger partial charge is 0.290 e. The minimum Gasteiger partial charge on any atom is -0.398 e. The van der Waals surface area contributed by atoms with Gasteiger partial charge in [0.25, 0.3) is 5.91 Å². The van der Waals surface area contributed by atoms with Crippen molar-refractivity contribution in [1.29, 1.82) is 5.26 Å². The van der Waals surface area contributed by atoms with Crippen molar-refractivity contribution in [2.45, 2.75) is 6.92 Å². The molecule has 1 rings (SSSR count). The Kier molecular flexibility index (Phi) is 3.70. The van der Waals surface area contributed by atoms with Gasteiger partial charge in [-0.15, -0.1) is 10.2 Å². The molecule has 7 nitrogen and oxygen atoms in total. The molecular formula is C7H7N5O2S. The molecule has 0 fully saturated rings. The Morgan fingerprint density at radius 2 is 2.40 bits per heavy atom. The first kappa shape index (κ1) is 11.1. The fraction of sp³-hybridized carbons (Fsp3) is 0.286. The lowest BCUT2D eigenvalue weighted by molar-refractivity contribution is -0.110. The molecule has 0 saturated carbocycles. The number of nitrogens with one attached hydrogen (secondary N) is 1. The van der Waals surface area contributed by atoms with Crippen LogP contribution in [0, 0.1) is 18.3 Å². The zero-order chi connectivity index (χ0) is 11.3. The minimum absolute atomic E-state index is 0.316. The first-order valence-electron chi connectivity index (χ1n) is 3.80. The summed E-state index contributed by atoms with van der Waals surface area (Å²) in [5, 5.41) is 22.6. The van der Waals surface area contributed by atoms with Crippen LogP contribution >= 0.6 is 11.3 Å². The van der Waals surface area contributed by atoms with Gasteiger partial charge in [-0.05, 0) is 6.92 Å². The van der Waals surface area contributed by atoms with Crippen LogP contribution in [0.2, 0.25) is 0 Å². The summed E-state index contributed by atoms with van der Waals surface area (Å²) < 4.78 is 0. The van der Waals surface area contributed by atoms with Crippen LogP contribution in [0.4, 0.5) is 5.13 Å². The third-order valence-electron chi connectivity index (χ3n) is 1.25. The number of aromatic nitrogens is 2. The summed E-state index contributed by atoms with van der Waals surface area (Å²) >= 11 is 1.20. The second-order valence-electron chi connectivity index (χ2n) is 2.31. The number of anilines is 1. The Morgan fingerprint density at radius 1 is 1.67 bits per heavy atom. The van der Waals surface area contributed by atoms with E-state index in [4.69, 9.17) is 5.26 Å². The average Bonchev–Trinajstić information content (AvgIpc) is 2.60. The Balaban J connectivity index is 2.71. The molecule has 0 saturated heterocycles. The number of nitriles is 1. The van der Waals surface area contributed by atoms with Crippen LogP contribution in [-0.2, 0) is 9.63 Å². The van der Waals surface area contributed by atoms with Crippen LogP contribution in [0.5, 0.6) is 0 Å². The molecule has 78 valence electrons. The quantitative estimate of drug-likeness (QED) is 0.589. The topological polar surface area (TPSA) is 100 Å². The fourth-order valence-electron chi connectivity index (χ4n) is 0.707. The van der Waals surface area contributed by atoms with Crippen molar-refractivity contribution in [2.75, 3.05) is 12.4 Å². The summed E-state index contributed by atoms with van der Waals surface area (Å²) in [5.41, 5.74) is -0.370. The molecule has 0 radical (unpaired) electrons. The lowest BCUT2D eigenvalue weighted by Crippen LogP contribution is -2.21. The molecule has 0 aliphatic rings. The molecule has 1 heterocycles. The minimum atomic E-state index is -0.671. The molecule has 0 spiro atoms. The van der Waals surface area contributed by atoms with Crippen LogP contribution in [0.15, 0.2) is 5.16 Å². The van der Waals surface area contributed by atoms with E-state index in [-0.39, 0.29) is 5.71 Å². The highest BCUT2D eigenvalue weighted by Gasteiger charge is 2.13. The number of hydrogen-bond donors (Lipinski definition) is 1. The third kappa shape index (κ3) is 2.99. The molecule has 1 N–H and O–H groups in total. The van der Waals surface area contributed by atoms with Gasteiger partial charge in [-0.3, -0.25) is 10.1 Å². The highest BCUT2D eigenvalue weighted by molar-refractivity contribution is 7.15. The molecule has 0 atom stereocenters. The normalized spacial score (nSPS) is 10.6. The molecule has 1 amide bonds. The van der Waals surface area contributed by atoms with Gasteiger partial charge in [0.05, 0.1) is 0 Å². The van der Waals surface area contributed by atoms with Gasteiger partial charge in [0, 0.05) is 0 Å². The molecule has 8 heteroatoms. The average molecular weight is 225 g/mol. The first-order valence-corrected chi connectivity index (χ1v) is 4.61. The van der Waals surface area contributed by atoms with E-state index in [9.17, 15) is 4.79 Å². The lowest BCUT2D eigenvalue weighted by atomic mass is 10.4. The van der Waals surface area contributed by atoms with Crippen molar-refractivity contribution in [3.8, 4) is 6.07 Å². The summed E-state index contributed by atoms with van der Waals surface area (Å²) in [7, 11) is 1.25. The van der Waals surface area contributed by atoms with E-state index in [0.29, 0.717) is 10.1 Å². The van der Waals surface area contributed by atoms with Gasteiger partial charge < -0.3 is 4.84 Å². The van der Waals surface area contributed by atoms with Crippen LogP contribution in [-0.4, -0.2) is 28.9 Å². The van der Waals surface area contributed by atoms with Crippen molar-refractivity contribution in [2.24, 2.45) is 5.16 Å². The van der Waals surface area contributed by atoms with Crippen LogP contribution in [0.1, 0.15) is 5.01 Å². The van der Waals surface area contributed by atoms with Gasteiger partial charge >= 0.3 is 0 Å². The van der Waals surface area contributed by atoms with E-state index in [1.807, 2.05) is 0 Å². The zero-order valence-corrected chi connectivity index (χ0v) is 8.83. The predicted octanol–water partition coefficient (Wildman–Crippen LogP) is 0.311. The zero-order valence-electron chi connectivity index (χ0n) is 8.01. The molecule has 15 heavy (non-hydrogen) atoms. The Labute approximate surface area is 89.4 Å². The molecule has 0 aliphatic carbocycles. The van der Waals surface area contributed by atoms with E-state index in [1.165, 1.54) is 18.4 Å². The molecule has 0 aromatic carbocycles. The number of nitrogens with zero attached hydrogens (tertiary/aromatic N) is 4. The van der Waals surface area contributed by atoms with Gasteiger partial charge in [-0.2, -0.15) is 5.26 Å². The number of amides is 1. The molecule has 0 unspecified atom stereocenters. The van der Waals surface area contributed by atoms with Crippen molar-refractivity contribution in [1.82, 2.24) is 10.2 Å². The molecule has 0 aliphatic heterocycles. The Bertz CT molecular complexity index is 433. The van der Waals surface area contributed by atoms with Gasteiger partial charge in [0.2, 0.25) is 10.8 Å². The Hall–Kier alpha value is -2.01.